The SMILES string of the molecule is C/C=C/C(CCCC)C(=O)O. The smallest absolute Gasteiger partial charge is 0.310 e. The highest BCUT2D eigenvalue weighted by Crippen LogP contribution is 2.09. The van der Waals surface area contributed by atoms with Gasteiger partial charge in [0, 0.05) is 0 Å². The van der Waals surface area contributed by atoms with E-state index in [1.807, 2.05) is 6.92 Å². The van der Waals surface area contributed by atoms with Crippen molar-refractivity contribution in [2.24, 2.45) is 5.92 Å². The molecule has 0 fully saturated rings. The second-order valence-corrected chi connectivity index (χ2v) is 2.61. The number of allylic oxidation sites excluding steroid dienone is 1. The second kappa shape index (κ2) is 5.96. The average molecular weight is 156 g/mol. The molecule has 0 heterocycles. The van der Waals surface area contributed by atoms with E-state index in [1.165, 1.54) is 0 Å². The monoisotopic (exact) mass is 156 g/mol. The molecule has 0 radical (unpaired) electrons. The number of rotatable bonds is 5. The fraction of sp³-hybridized carbons (Fsp3) is 0.667. The lowest BCUT2D eigenvalue weighted by Crippen LogP contribution is -2.10. The van der Waals surface area contributed by atoms with Crippen LogP contribution in [0.3, 0.4) is 0 Å². The molecular weight excluding hydrogens is 140 g/mol. The molecule has 0 aliphatic rings. The van der Waals surface area contributed by atoms with Crippen LogP contribution in [0.4, 0.5) is 0 Å². The van der Waals surface area contributed by atoms with Crippen molar-refractivity contribution in [2.75, 3.05) is 0 Å². The van der Waals surface area contributed by atoms with Gasteiger partial charge in [-0.15, -0.1) is 0 Å². The number of carboxylic acids is 1. The maximum atomic E-state index is 10.5. The van der Waals surface area contributed by atoms with E-state index < -0.39 is 5.97 Å². The van der Waals surface area contributed by atoms with Crippen LogP contribution >= 0.6 is 0 Å². The Balaban J connectivity index is 3.79. The first-order valence-corrected chi connectivity index (χ1v) is 4.08. The Hall–Kier alpha value is -0.790. The van der Waals surface area contributed by atoms with Crippen LogP contribution in [0.15, 0.2) is 12.2 Å². The summed E-state index contributed by atoms with van der Waals surface area (Å²) in [5, 5.41) is 8.68. The molecule has 1 unspecified atom stereocenters. The zero-order valence-corrected chi connectivity index (χ0v) is 7.21. The molecule has 1 atom stereocenters. The van der Waals surface area contributed by atoms with Crippen molar-refractivity contribution in [1.82, 2.24) is 0 Å². The first-order chi connectivity index (χ1) is 5.22. The van der Waals surface area contributed by atoms with Gasteiger partial charge in [-0.2, -0.15) is 0 Å². The van der Waals surface area contributed by atoms with Gasteiger partial charge in [-0.25, -0.2) is 0 Å². The van der Waals surface area contributed by atoms with Crippen molar-refractivity contribution in [3.05, 3.63) is 12.2 Å². The molecule has 0 saturated heterocycles. The van der Waals surface area contributed by atoms with Gasteiger partial charge in [0.25, 0.3) is 0 Å². The van der Waals surface area contributed by atoms with E-state index in [0.29, 0.717) is 0 Å². The number of hydrogen-bond donors (Lipinski definition) is 1. The molecule has 0 bridgehead atoms. The number of hydrogen-bond acceptors (Lipinski definition) is 1. The topological polar surface area (TPSA) is 37.3 Å². The molecule has 11 heavy (non-hydrogen) atoms. The zero-order chi connectivity index (χ0) is 8.69. The largest absolute Gasteiger partial charge is 0.481 e. The van der Waals surface area contributed by atoms with Gasteiger partial charge in [0.2, 0.25) is 0 Å². The first-order valence-electron chi connectivity index (χ1n) is 4.08. The molecule has 0 rings (SSSR count). The van der Waals surface area contributed by atoms with Crippen molar-refractivity contribution in [2.45, 2.75) is 33.1 Å². The van der Waals surface area contributed by atoms with E-state index in [2.05, 4.69) is 6.92 Å². The summed E-state index contributed by atoms with van der Waals surface area (Å²) in [7, 11) is 0. The van der Waals surface area contributed by atoms with Gasteiger partial charge in [0.15, 0.2) is 0 Å². The third kappa shape index (κ3) is 4.59. The van der Waals surface area contributed by atoms with Crippen LogP contribution in [-0.4, -0.2) is 11.1 Å². The van der Waals surface area contributed by atoms with Gasteiger partial charge in [0.05, 0.1) is 5.92 Å². The predicted octanol–water partition coefficient (Wildman–Crippen LogP) is 2.45. The number of carboxylic acid groups (broad SMARTS) is 1. The van der Waals surface area contributed by atoms with Crippen LogP contribution in [0.5, 0.6) is 0 Å². The molecule has 0 amide bonds. The Kier molecular flexibility index (Phi) is 5.53. The Morgan fingerprint density at radius 3 is 2.64 bits per heavy atom. The standard InChI is InChI=1S/C9H16O2/c1-3-5-7-8(6-4-2)9(10)11/h4,6,8H,3,5,7H2,1-2H3,(H,10,11)/b6-4+. The van der Waals surface area contributed by atoms with Crippen LogP contribution in [0, 0.1) is 5.92 Å². The van der Waals surface area contributed by atoms with Crippen molar-refractivity contribution in [3.8, 4) is 0 Å². The average Bonchev–Trinajstić information content (AvgIpc) is 1.97. The molecule has 0 aromatic rings. The summed E-state index contributed by atoms with van der Waals surface area (Å²) in [6, 6.07) is 0. The summed E-state index contributed by atoms with van der Waals surface area (Å²) in [4.78, 5) is 10.5. The van der Waals surface area contributed by atoms with Crippen LogP contribution in [0.25, 0.3) is 0 Å². The van der Waals surface area contributed by atoms with Gasteiger partial charge in [0.1, 0.15) is 0 Å². The molecule has 1 N–H and O–H groups in total. The van der Waals surface area contributed by atoms with Crippen LogP contribution in [0.2, 0.25) is 0 Å². The van der Waals surface area contributed by atoms with Gasteiger partial charge in [-0.05, 0) is 13.3 Å². The van der Waals surface area contributed by atoms with E-state index in [4.69, 9.17) is 5.11 Å². The normalized spacial score (nSPS) is 13.6. The number of unbranched alkanes of at least 4 members (excludes halogenated alkanes) is 1. The Morgan fingerprint density at radius 1 is 1.64 bits per heavy atom. The minimum Gasteiger partial charge on any atom is -0.481 e. The van der Waals surface area contributed by atoms with E-state index in [1.54, 1.807) is 12.2 Å². The van der Waals surface area contributed by atoms with E-state index in [9.17, 15) is 4.79 Å². The highest BCUT2D eigenvalue weighted by molar-refractivity contribution is 5.71. The van der Waals surface area contributed by atoms with Crippen molar-refractivity contribution >= 4 is 5.97 Å². The third-order valence-electron chi connectivity index (χ3n) is 1.61. The molecule has 0 spiro atoms. The van der Waals surface area contributed by atoms with Crippen LogP contribution in [-0.2, 0) is 4.79 Å². The van der Waals surface area contributed by atoms with Crippen molar-refractivity contribution in [3.63, 3.8) is 0 Å². The fourth-order valence-corrected chi connectivity index (χ4v) is 0.958. The Labute approximate surface area is 67.9 Å². The molecule has 64 valence electrons. The van der Waals surface area contributed by atoms with Crippen molar-refractivity contribution in [1.29, 1.82) is 0 Å². The van der Waals surface area contributed by atoms with E-state index in [0.717, 1.165) is 19.3 Å². The van der Waals surface area contributed by atoms with E-state index in [-0.39, 0.29) is 5.92 Å². The summed E-state index contributed by atoms with van der Waals surface area (Å²) in [5.74, 6) is -0.989. The highest BCUT2D eigenvalue weighted by atomic mass is 16.4. The molecular formula is C9H16O2. The summed E-state index contributed by atoms with van der Waals surface area (Å²) >= 11 is 0. The lowest BCUT2D eigenvalue weighted by atomic mass is 10.0. The lowest BCUT2D eigenvalue weighted by Gasteiger charge is -2.04. The predicted molar refractivity (Wildman–Crippen MR) is 45.5 cm³/mol. The summed E-state index contributed by atoms with van der Waals surface area (Å²) in [6.07, 6.45) is 6.35. The molecule has 0 saturated carbocycles. The Morgan fingerprint density at radius 2 is 2.27 bits per heavy atom. The summed E-state index contributed by atoms with van der Waals surface area (Å²) < 4.78 is 0. The zero-order valence-electron chi connectivity index (χ0n) is 7.21. The molecule has 0 aromatic heterocycles. The minimum atomic E-state index is -0.712. The molecule has 0 aromatic carbocycles. The summed E-state index contributed by atoms with van der Waals surface area (Å²) in [6.45, 7) is 3.91. The molecule has 0 aliphatic carbocycles. The highest BCUT2D eigenvalue weighted by Gasteiger charge is 2.11. The quantitative estimate of drug-likeness (QED) is 0.621. The Bertz CT molecular complexity index is 138. The van der Waals surface area contributed by atoms with E-state index >= 15 is 0 Å². The van der Waals surface area contributed by atoms with Crippen LogP contribution in [0.1, 0.15) is 33.1 Å². The molecule has 2 heteroatoms. The van der Waals surface area contributed by atoms with Gasteiger partial charge in [-0.1, -0.05) is 31.9 Å². The third-order valence-corrected chi connectivity index (χ3v) is 1.61. The van der Waals surface area contributed by atoms with Gasteiger partial charge >= 0.3 is 5.97 Å². The lowest BCUT2D eigenvalue weighted by molar-refractivity contribution is -0.140. The summed E-state index contributed by atoms with van der Waals surface area (Å²) in [5.41, 5.74) is 0. The molecule has 2 nitrogen and oxygen atoms in total. The number of aliphatic carboxylic acids is 1. The van der Waals surface area contributed by atoms with Crippen molar-refractivity contribution < 1.29 is 9.90 Å². The maximum Gasteiger partial charge on any atom is 0.310 e. The van der Waals surface area contributed by atoms with Gasteiger partial charge in [-0.3, -0.25) is 4.79 Å². The van der Waals surface area contributed by atoms with Crippen LogP contribution < -0.4 is 0 Å². The first kappa shape index (κ1) is 10.2. The van der Waals surface area contributed by atoms with Gasteiger partial charge < -0.3 is 5.11 Å². The number of carbonyl (C=O) groups is 1. The fourth-order valence-electron chi connectivity index (χ4n) is 0.958. The molecule has 0 aliphatic heterocycles. The maximum absolute atomic E-state index is 10.5. The second-order valence-electron chi connectivity index (χ2n) is 2.61. The minimum absolute atomic E-state index is 0.278.